The molecule has 118 valence electrons. The van der Waals surface area contributed by atoms with Gasteiger partial charge in [-0.15, -0.1) is 0 Å². The molecule has 0 bridgehead atoms. The molecule has 1 N–H and O–H groups in total. The summed E-state index contributed by atoms with van der Waals surface area (Å²) in [6.45, 7) is 3.81. The minimum absolute atomic E-state index is 0.216. The Morgan fingerprint density at radius 1 is 0.909 bits per heavy atom. The third kappa shape index (κ3) is 3.33. The van der Waals surface area contributed by atoms with E-state index < -0.39 is 10.0 Å². The van der Waals surface area contributed by atoms with Crippen molar-refractivity contribution >= 4 is 15.7 Å². The highest BCUT2D eigenvalue weighted by Gasteiger charge is 2.17. The van der Waals surface area contributed by atoms with Crippen molar-refractivity contribution in [3.63, 3.8) is 0 Å². The van der Waals surface area contributed by atoms with Crippen LogP contribution in [0.15, 0.2) is 41.3 Å². The van der Waals surface area contributed by atoms with Crippen molar-refractivity contribution < 1.29 is 17.9 Å². The topological polar surface area (TPSA) is 64.6 Å². The largest absolute Gasteiger partial charge is 0.497 e. The zero-order valence-corrected chi connectivity index (χ0v) is 13.8. The standard InChI is InChI=1S/C16H19NO4S/c1-11-5-7-14(9-12(11)2)22(18,19)17-15-8-6-13(20-3)10-16(15)21-4/h5-10,17H,1-4H3. The summed E-state index contributed by atoms with van der Waals surface area (Å²) < 4.78 is 37.8. The first-order valence-corrected chi connectivity index (χ1v) is 8.18. The fourth-order valence-corrected chi connectivity index (χ4v) is 3.12. The fraction of sp³-hybridized carbons (Fsp3) is 0.250. The van der Waals surface area contributed by atoms with E-state index in [4.69, 9.17) is 9.47 Å². The molecule has 2 aromatic carbocycles. The van der Waals surface area contributed by atoms with Crippen molar-refractivity contribution in [2.24, 2.45) is 0 Å². The van der Waals surface area contributed by atoms with Gasteiger partial charge in [0.25, 0.3) is 10.0 Å². The van der Waals surface area contributed by atoms with Crippen molar-refractivity contribution in [3.8, 4) is 11.5 Å². The Balaban J connectivity index is 2.38. The van der Waals surface area contributed by atoms with Crippen molar-refractivity contribution in [2.75, 3.05) is 18.9 Å². The van der Waals surface area contributed by atoms with Gasteiger partial charge in [-0.2, -0.15) is 0 Å². The van der Waals surface area contributed by atoms with E-state index in [1.54, 1.807) is 36.4 Å². The van der Waals surface area contributed by atoms with Crippen LogP contribution in [0.25, 0.3) is 0 Å². The summed E-state index contributed by atoms with van der Waals surface area (Å²) in [4.78, 5) is 0.216. The molecular formula is C16H19NO4S. The smallest absolute Gasteiger partial charge is 0.262 e. The second-order valence-electron chi connectivity index (χ2n) is 4.92. The fourth-order valence-electron chi connectivity index (χ4n) is 1.97. The van der Waals surface area contributed by atoms with Crippen LogP contribution < -0.4 is 14.2 Å². The molecule has 2 aromatic rings. The van der Waals surface area contributed by atoms with Crippen LogP contribution in [0.1, 0.15) is 11.1 Å². The predicted molar refractivity (Wildman–Crippen MR) is 86.3 cm³/mol. The SMILES string of the molecule is COc1ccc(NS(=O)(=O)c2ccc(C)c(C)c2)c(OC)c1. The lowest BCUT2D eigenvalue weighted by Crippen LogP contribution is -2.14. The Kier molecular flexibility index (Phi) is 4.61. The van der Waals surface area contributed by atoms with Crippen molar-refractivity contribution in [2.45, 2.75) is 18.7 Å². The summed E-state index contributed by atoms with van der Waals surface area (Å²) in [5.74, 6) is 0.984. The third-order valence-corrected chi connectivity index (χ3v) is 4.80. The zero-order valence-electron chi connectivity index (χ0n) is 13.0. The normalized spacial score (nSPS) is 11.1. The first-order valence-electron chi connectivity index (χ1n) is 6.69. The molecule has 0 aliphatic carbocycles. The molecule has 22 heavy (non-hydrogen) atoms. The van der Waals surface area contributed by atoms with Crippen LogP contribution in [-0.4, -0.2) is 22.6 Å². The monoisotopic (exact) mass is 321 g/mol. The zero-order chi connectivity index (χ0) is 16.3. The van der Waals surface area contributed by atoms with Gasteiger partial charge in [0.2, 0.25) is 0 Å². The van der Waals surface area contributed by atoms with Crippen LogP contribution in [0.4, 0.5) is 5.69 Å². The minimum atomic E-state index is -3.68. The molecule has 0 unspecified atom stereocenters. The van der Waals surface area contributed by atoms with E-state index >= 15 is 0 Å². The van der Waals surface area contributed by atoms with Crippen LogP contribution in [0.2, 0.25) is 0 Å². The Labute approximate surface area is 130 Å². The number of rotatable bonds is 5. The summed E-state index contributed by atoms with van der Waals surface area (Å²) >= 11 is 0. The summed E-state index contributed by atoms with van der Waals surface area (Å²) in [6.07, 6.45) is 0. The van der Waals surface area contributed by atoms with Crippen LogP contribution in [0, 0.1) is 13.8 Å². The Morgan fingerprint density at radius 2 is 1.64 bits per heavy atom. The van der Waals surface area contributed by atoms with E-state index in [1.807, 2.05) is 13.8 Å². The maximum Gasteiger partial charge on any atom is 0.262 e. The lowest BCUT2D eigenvalue weighted by Gasteiger charge is -2.13. The van der Waals surface area contributed by atoms with Crippen molar-refractivity contribution in [1.29, 1.82) is 0 Å². The lowest BCUT2D eigenvalue weighted by atomic mass is 10.1. The quantitative estimate of drug-likeness (QED) is 0.919. The number of anilines is 1. The number of ether oxygens (including phenoxy) is 2. The van der Waals surface area contributed by atoms with Gasteiger partial charge in [0.05, 0.1) is 24.8 Å². The van der Waals surface area contributed by atoms with E-state index in [1.165, 1.54) is 14.2 Å². The lowest BCUT2D eigenvalue weighted by molar-refractivity contribution is 0.395. The van der Waals surface area contributed by atoms with Crippen LogP contribution >= 0.6 is 0 Å². The maximum absolute atomic E-state index is 12.5. The Bertz CT molecular complexity index is 785. The van der Waals surface area contributed by atoms with E-state index in [0.29, 0.717) is 17.2 Å². The average Bonchev–Trinajstić information content (AvgIpc) is 2.50. The van der Waals surface area contributed by atoms with Gasteiger partial charge in [0.15, 0.2) is 0 Å². The summed E-state index contributed by atoms with van der Waals surface area (Å²) in [5.41, 5.74) is 2.33. The highest BCUT2D eigenvalue weighted by Crippen LogP contribution is 2.31. The maximum atomic E-state index is 12.5. The van der Waals surface area contributed by atoms with Gasteiger partial charge in [-0.25, -0.2) is 8.42 Å². The molecule has 2 rings (SSSR count). The van der Waals surface area contributed by atoms with E-state index in [0.717, 1.165) is 11.1 Å². The molecular weight excluding hydrogens is 302 g/mol. The number of hydrogen-bond acceptors (Lipinski definition) is 4. The Morgan fingerprint density at radius 3 is 2.23 bits per heavy atom. The van der Waals surface area contributed by atoms with Gasteiger partial charge < -0.3 is 9.47 Å². The van der Waals surface area contributed by atoms with Gasteiger partial charge in [-0.1, -0.05) is 6.07 Å². The molecule has 0 saturated heterocycles. The van der Waals surface area contributed by atoms with Gasteiger partial charge in [-0.05, 0) is 49.2 Å². The number of benzene rings is 2. The van der Waals surface area contributed by atoms with Crippen LogP contribution in [0.3, 0.4) is 0 Å². The van der Waals surface area contributed by atoms with E-state index in [9.17, 15) is 8.42 Å². The highest BCUT2D eigenvalue weighted by atomic mass is 32.2. The molecule has 0 fully saturated rings. The molecule has 0 saturated carbocycles. The molecule has 0 aliphatic rings. The van der Waals surface area contributed by atoms with Crippen molar-refractivity contribution in [1.82, 2.24) is 0 Å². The first-order chi connectivity index (χ1) is 10.4. The van der Waals surface area contributed by atoms with Crippen molar-refractivity contribution in [3.05, 3.63) is 47.5 Å². The van der Waals surface area contributed by atoms with E-state index in [-0.39, 0.29) is 4.90 Å². The number of methoxy groups -OCH3 is 2. The molecule has 6 heteroatoms. The van der Waals surface area contributed by atoms with Gasteiger partial charge >= 0.3 is 0 Å². The molecule has 0 radical (unpaired) electrons. The number of nitrogens with one attached hydrogen (secondary N) is 1. The molecule has 0 aromatic heterocycles. The molecule has 0 spiro atoms. The predicted octanol–water partition coefficient (Wildman–Crippen LogP) is 3.12. The molecule has 0 atom stereocenters. The minimum Gasteiger partial charge on any atom is -0.497 e. The molecule has 0 heterocycles. The van der Waals surface area contributed by atoms with Gasteiger partial charge in [0, 0.05) is 6.07 Å². The number of aryl methyl sites for hydroxylation is 2. The summed E-state index contributed by atoms with van der Waals surface area (Å²) in [5, 5.41) is 0. The summed E-state index contributed by atoms with van der Waals surface area (Å²) in [7, 11) is -0.665. The second kappa shape index (κ2) is 6.27. The summed E-state index contributed by atoms with van der Waals surface area (Å²) in [6, 6.07) is 9.92. The molecule has 0 aliphatic heterocycles. The number of sulfonamides is 1. The second-order valence-corrected chi connectivity index (χ2v) is 6.60. The average molecular weight is 321 g/mol. The molecule has 0 amide bonds. The van der Waals surface area contributed by atoms with Crippen LogP contribution in [0.5, 0.6) is 11.5 Å². The third-order valence-electron chi connectivity index (χ3n) is 3.44. The van der Waals surface area contributed by atoms with E-state index in [2.05, 4.69) is 4.72 Å². The van der Waals surface area contributed by atoms with Gasteiger partial charge in [-0.3, -0.25) is 4.72 Å². The Hall–Kier alpha value is -2.21. The highest BCUT2D eigenvalue weighted by molar-refractivity contribution is 7.92. The first kappa shape index (κ1) is 16.2. The van der Waals surface area contributed by atoms with Crippen LogP contribution in [-0.2, 0) is 10.0 Å². The molecule has 5 nitrogen and oxygen atoms in total. The van der Waals surface area contributed by atoms with Gasteiger partial charge in [0.1, 0.15) is 11.5 Å². The number of hydrogen-bond donors (Lipinski definition) is 1.